The fraction of sp³-hybridized carbons (Fsp3) is 0.286. The molecule has 2 rings (SSSR count). The summed E-state index contributed by atoms with van der Waals surface area (Å²) in [5.41, 5.74) is 3.41. The van der Waals surface area contributed by atoms with Gasteiger partial charge in [0.05, 0.1) is 11.8 Å². The van der Waals surface area contributed by atoms with Crippen molar-refractivity contribution in [2.45, 2.75) is 40.4 Å². The lowest BCUT2D eigenvalue weighted by Crippen LogP contribution is -2.12. The van der Waals surface area contributed by atoms with E-state index in [1.165, 1.54) is 6.08 Å². The van der Waals surface area contributed by atoms with E-state index < -0.39 is 5.97 Å². The van der Waals surface area contributed by atoms with Crippen LogP contribution in [-0.4, -0.2) is 17.1 Å². The van der Waals surface area contributed by atoms with Crippen LogP contribution >= 0.6 is 0 Å². The molecule has 0 aliphatic carbocycles. The second-order valence-corrected chi connectivity index (χ2v) is 6.22. The molecule has 0 aliphatic heterocycles. The van der Waals surface area contributed by atoms with Gasteiger partial charge in [0.25, 0.3) is 0 Å². The molecule has 0 aliphatic rings. The lowest BCUT2D eigenvalue weighted by Gasteiger charge is -2.13. The third kappa shape index (κ3) is 5.18. The number of benzene rings is 1. The first-order valence-electron chi connectivity index (χ1n) is 8.37. The molecular formula is C21H22N2O3. The van der Waals surface area contributed by atoms with E-state index in [9.17, 15) is 10.1 Å². The summed E-state index contributed by atoms with van der Waals surface area (Å²) < 4.78 is 11.0. The van der Waals surface area contributed by atoms with Crippen molar-refractivity contribution in [1.82, 2.24) is 4.98 Å². The lowest BCUT2D eigenvalue weighted by molar-refractivity contribution is -0.142. The third-order valence-corrected chi connectivity index (χ3v) is 3.57. The molecule has 0 atom stereocenters. The molecule has 0 saturated heterocycles. The van der Waals surface area contributed by atoms with Gasteiger partial charge in [0, 0.05) is 6.20 Å². The quantitative estimate of drug-likeness (QED) is 0.445. The fourth-order valence-electron chi connectivity index (χ4n) is 2.51. The van der Waals surface area contributed by atoms with Crippen molar-refractivity contribution in [3.63, 3.8) is 0 Å². The summed E-state index contributed by atoms with van der Waals surface area (Å²) in [5, 5.41) is 9.22. The molecular weight excluding hydrogens is 328 g/mol. The molecule has 26 heavy (non-hydrogen) atoms. The van der Waals surface area contributed by atoms with Crippen LogP contribution in [0.3, 0.4) is 0 Å². The Bertz CT molecular complexity index is 826. The molecule has 2 aromatic rings. The minimum atomic E-state index is -0.617. The summed E-state index contributed by atoms with van der Waals surface area (Å²) in [7, 11) is 0. The summed E-state index contributed by atoms with van der Waals surface area (Å²) in [6, 6.07) is 11.3. The van der Waals surface area contributed by atoms with Crippen molar-refractivity contribution in [3.05, 3.63) is 64.5 Å². The third-order valence-electron chi connectivity index (χ3n) is 3.57. The van der Waals surface area contributed by atoms with Gasteiger partial charge in [-0.05, 0) is 74.7 Å². The highest BCUT2D eigenvalue weighted by atomic mass is 16.5. The molecule has 0 bridgehead atoms. The van der Waals surface area contributed by atoms with E-state index in [4.69, 9.17) is 9.47 Å². The van der Waals surface area contributed by atoms with Crippen LogP contribution in [0.25, 0.3) is 6.08 Å². The van der Waals surface area contributed by atoms with Gasteiger partial charge in [0.2, 0.25) is 0 Å². The normalized spacial score (nSPS) is 11.2. The average molecular weight is 350 g/mol. The molecule has 1 aromatic heterocycles. The average Bonchev–Trinajstić information content (AvgIpc) is 2.59. The first-order chi connectivity index (χ1) is 12.4. The van der Waals surface area contributed by atoms with Crippen LogP contribution in [0.15, 0.2) is 42.1 Å². The number of nitrogens with zero attached hydrogens (tertiary/aromatic N) is 2. The van der Waals surface area contributed by atoms with Crippen molar-refractivity contribution in [2.75, 3.05) is 0 Å². The van der Waals surface area contributed by atoms with Gasteiger partial charge in [-0.25, -0.2) is 4.79 Å². The predicted octanol–water partition coefficient (Wildman–Crippen LogP) is 4.14. The molecule has 134 valence electrons. The van der Waals surface area contributed by atoms with Crippen LogP contribution in [0.2, 0.25) is 0 Å². The standard InChI is InChI=1S/C21H22N2O3/c1-14(2)26-21(24)18(12-22)11-17-9-15(3)20(16(4)10-17)25-13-19-7-5-6-8-23-19/h5-11,14H,13H2,1-4H3/b18-11+. The van der Waals surface area contributed by atoms with Crippen LogP contribution in [0.1, 0.15) is 36.2 Å². The van der Waals surface area contributed by atoms with Gasteiger partial charge in [0.1, 0.15) is 24.0 Å². The molecule has 5 nitrogen and oxygen atoms in total. The highest BCUT2D eigenvalue weighted by molar-refractivity contribution is 5.98. The second-order valence-electron chi connectivity index (χ2n) is 6.22. The first kappa shape index (κ1) is 19.2. The summed E-state index contributed by atoms with van der Waals surface area (Å²) >= 11 is 0. The van der Waals surface area contributed by atoms with Gasteiger partial charge in [-0.15, -0.1) is 0 Å². The number of carbonyl (C=O) groups is 1. The highest BCUT2D eigenvalue weighted by Gasteiger charge is 2.13. The lowest BCUT2D eigenvalue weighted by atomic mass is 10.0. The molecule has 0 radical (unpaired) electrons. The van der Waals surface area contributed by atoms with E-state index in [0.29, 0.717) is 6.61 Å². The Hall–Kier alpha value is -3.13. The first-order valence-corrected chi connectivity index (χ1v) is 8.37. The van der Waals surface area contributed by atoms with Crippen LogP contribution in [0.4, 0.5) is 0 Å². The van der Waals surface area contributed by atoms with E-state index in [1.807, 2.05) is 50.2 Å². The molecule has 0 unspecified atom stereocenters. The number of ether oxygens (including phenoxy) is 2. The summed E-state index contributed by atoms with van der Waals surface area (Å²) in [5.74, 6) is 0.157. The Morgan fingerprint density at radius 1 is 1.27 bits per heavy atom. The summed E-state index contributed by atoms with van der Waals surface area (Å²) in [6.07, 6.45) is 2.99. The van der Waals surface area contributed by atoms with Crippen molar-refractivity contribution in [3.8, 4) is 11.8 Å². The van der Waals surface area contributed by atoms with Gasteiger partial charge < -0.3 is 9.47 Å². The summed E-state index contributed by atoms with van der Waals surface area (Å²) in [6.45, 7) is 7.72. The van der Waals surface area contributed by atoms with E-state index in [2.05, 4.69) is 4.98 Å². The molecule has 0 saturated carbocycles. The fourth-order valence-corrected chi connectivity index (χ4v) is 2.51. The van der Waals surface area contributed by atoms with E-state index >= 15 is 0 Å². The largest absolute Gasteiger partial charge is 0.487 e. The smallest absolute Gasteiger partial charge is 0.349 e. The van der Waals surface area contributed by atoms with Crippen LogP contribution < -0.4 is 4.74 Å². The van der Waals surface area contributed by atoms with Crippen LogP contribution in [0, 0.1) is 25.2 Å². The maximum Gasteiger partial charge on any atom is 0.349 e. The monoisotopic (exact) mass is 350 g/mol. The number of hydrogen-bond donors (Lipinski definition) is 0. The van der Waals surface area contributed by atoms with Gasteiger partial charge in [0.15, 0.2) is 0 Å². The van der Waals surface area contributed by atoms with Crippen molar-refractivity contribution in [2.24, 2.45) is 0 Å². The zero-order chi connectivity index (χ0) is 19.1. The Labute approximate surface area is 153 Å². The predicted molar refractivity (Wildman–Crippen MR) is 99.3 cm³/mol. The van der Waals surface area contributed by atoms with E-state index in [0.717, 1.165) is 28.1 Å². The van der Waals surface area contributed by atoms with E-state index in [1.54, 1.807) is 20.0 Å². The number of carbonyl (C=O) groups excluding carboxylic acids is 1. The minimum Gasteiger partial charge on any atom is -0.487 e. The van der Waals surface area contributed by atoms with Gasteiger partial charge in [-0.3, -0.25) is 4.98 Å². The van der Waals surface area contributed by atoms with Gasteiger partial charge in [-0.1, -0.05) is 6.07 Å². The highest BCUT2D eigenvalue weighted by Crippen LogP contribution is 2.26. The van der Waals surface area contributed by atoms with Gasteiger partial charge in [-0.2, -0.15) is 5.26 Å². The summed E-state index contributed by atoms with van der Waals surface area (Å²) in [4.78, 5) is 16.2. The number of aromatic nitrogens is 1. The molecule has 1 heterocycles. The topological polar surface area (TPSA) is 72.2 Å². The van der Waals surface area contributed by atoms with Crippen LogP contribution in [-0.2, 0) is 16.1 Å². The Morgan fingerprint density at radius 3 is 2.50 bits per heavy atom. The maximum atomic E-state index is 11.9. The Morgan fingerprint density at radius 2 is 1.96 bits per heavy atom. The van der Waals surface area contributed by atoms with Gasteiger partial charge >= 0.3 is 5.97 Å². The second kappa shape index (κ2) is 8.82. The minimum absolute atomic E-state index is 0.0281. The maximum absolute atomic E-state index is 11.9. The van der Waals surface area contributed by atoms with Crippen LogP contribution in [0.5, 0.6) is 5.75 Å². The van der Waals surface area contributed by atoms with Crippen molar-refractivity contribution in [1.29, 1.82) is 5.26 Å². The van der Waals surface area contributed by atoms with Crippen molar-refractivity contribution < 1.29 is 14.3 Å². The Kier molecular flexibility index (Phi) is 6.51. The zero-order valence-corrected chi connectivity index (χ0v) is 15.4. The molecule has 0 spiro atoms. The molecule has 0 fully saturated rings. The SMILES string of the molecule is Cc1cc(/C=C(\C#N)C(=O)OC(C)C)cc(C)c1OCc1ccccn1. The molecule has 1 aromatic carbocycles. The van der Waals surface area contributed by atoms with E-state index in [-0.39, 0.29) is 11.7 Å². The van der Waals surface area contributed by atoms with Crippen molar-refractivity contribution >= 4 is 12.0 Å². The zero-order valence-electron chi connectivity index (χ0n) is 15.4. The molecule has 0 N–H and O–H groups in total. The molecule has 0 amide bonds. The number of nitriles is 1. The number of hydrogen-bond acceptors (Lipinski definition) is 5. The Balaban J connectivity index is 2.21. The number of aryl methyl sites for hydroxylation is 2. The number of pyridine rings is 1. The number of rotatable bonds is 6. The number of esters is 1. The molecule has 5 heteroatoms.